The molecule has 0 aromatic heterocycles. The van der Waals surface area contributed by atoms with Crippen LogP contribution in [-0.4, -0.2) is 36.9 Å². The molecule has 5 nitrogen and oxygen atoms in total. The number of hydrogen-bond acceptors (Lipinski definition) is 3. The van der Waals surface area contributed by atoms with Gasteiger partial charge in [-0.1, -0.05) is 40.5 Å². The van der Waals surface area contributed by atoms with E-state index in [1.54, 1.807) is 11.9 Å². The largest absolute Gasteiger partial charge is 0.355 e. The first-order chi connectivity index (χ1) is 11.5. The summed E-state index contributed by atoms with van der Waals surface area (Å²) >= 11 is 3.49. The second-order valence-corrected chi connectivity index (χ2v) is 7.27. The third-order valence-electron chi connectivity index (χ3n) is 4.73. The van der Waals surface area contributed by atoms with Crippen LogP contribution in [0.15, 0.2) is 28.7 Å². The fourth-order valence-electron chi connectivity index (χ4n) is 3.25. The Labute approximate surface area is 152 Å². The topological polar surface area (TPSA) is 75.4 Å². The van der Waals surface area contributed by atoms with E-state index < -0.39 is 0 Å². The third-order valence-corrected chi connectivity index (χ3v) is 5.50. The van der Waals surface area contributed by atoms with Crippen LogP contribution in [0.3, 0.4) is 0 Å². The average molecular weight is 396 g/mol. The van der Waals surface area contributed by atoms with Crippen molar-refractivity contribution < 1.29 is 9.59 Å². The van der Waals surface area contributed by atoms with Crippen molar-refractivity contribution in [1.29, 1.82) is 0 Å². The molecule has 2 atom stereocenters. The highest BCUT2D eigenvalue weighted by molar-refractivity contribution is 9.10. The van der Waals surface area contributed by atoms with Crippen molar-refractivity contribution in [2.24, 2.45) is 17.6 Å². The number of nitrogens with zero attached hydrogens (tertiary/aromatic N) is 1. The number of carbonyl (C=O) groups excluding carboxylic acids is 2. The molecule has 0 heterocycles. The van der Waals surface area contributed by atoms with Gasteiger partial charge in [-0.3, -0.25) is 9.59 Å². The van der Waals surface area contributed by atoms with Crippen LogP contribution in [-0.2, 0) is 16.1 Å². The highest BCUT2D eigenvalue weighted by Crippen LogP contribution is 2.30. The molecule has 132 valence electrons. The molecule has 1 saturated carbocycles. The first-order valence-electron chi connectivity index (χ1n) is 8.48. The van der Waals surface area contributed by atoms with Crippen molar-refractivity contribution in [2.75, 3.05) is 20.1 Å². The summed E-state index contributed by atoms with van der Waals surface area (Å²) in [5.74, 6) is 0.374. The molecule has 0 spiro atoms. The zero-order valence-electron chi connectivity index (χ0n) is 14.1. The maximum Gasteiger partial charge on any atom is 0.224 e. The zero-order chi connectivity index (χ0) is 17.5. The Balaban J connectivity index is 1.74. The van der Waals surface area contributed by atoms with Crippen molar-refractivity contribution in [1.82, 2.24) is 10.2 Å². The summed E-state index contributed by atoms with van der Waals surface area (Å²) in [5, 5.41) is 2.90. The van der Waals surface area contributed by atoms with Gasteiger partial charge in [0.25, 0.3) is 0 Å². The highest BCUT2D eigenvalue weighted by Gasteiger charge is 2.31. The van der Waals surface area contributed by atoms with E-state index in [2.05, 4.69) is 21.2 Å². The summed E-state index contributed by atoms with van der Waals surface area (Å²) < 4.78 is 0.993. The number of nitrogens with one attached hydrogen (secondary N) is 1. The van der Waals surface area contributed by atoms with Crippen molar-refractivity contribution in [3.05, 3.63) is 34.3 Å². The van der Waals surface area contributed by atoms with E-state index in [9.17, 15) is 9.59 Å². The van der Waals surface area contributed by atoms with Gasteiger partial charge in [0.05, 0.1) is 0 Å². The van der Waals surface area contributed by atoms with Gasteiger partial charge in [-0.2, -0.15) is 0 Å². The predicted octanol–water partition coefficient (Wildman–Crippen LogP) is 2.29. The molecule has 1 aromatic carbocycles. The maximum atomic E-state index is 12.2. The Morgan fingerprint density at radius 1 is 1.33 bits per heavy atom. The van der Waals surface area contributed by atoms with Gasteiger partial charge in [-0.15, -0.1) is 0 Å². The highest BCUT2D eigenvalue weighted by atomic mass is 79.9. The van der Waals surface area contributed by atoms with Crippen LogP contribution < -0.4 is 11.1 Å². The van der Waals surface area contributed by atoms with E-state index in [-0.39, 0.29) is 17.7 Å². The lowest BCUT2D eigenvalue weighted by Crippen LogP contribution is -2.37. The molecule has 0 aliphatic heterocycles. The molecule has 0 radical (unpaired) electrons. The smallest absolute Gasteiger partial charge is 0.224 e. The molecule has 1 aromatic rings. The van der Waals surface area contributed by atoms with Crippen LogP contribution in [0.2, 0.25) is 0 Å². The molecule has 2 amide bonds. The summed E-state index contributed by atoms with van der Waals surface area (Å²) in [6.45, 7) is 1.49. The third kappa shape index (κ3) is 5.05. The monoisotopic (exact) mass is 395 g/mol. The number of nitrogens with two attached hydrogens (primary N) is 1. The van der Waals surface area contributed by atoms with Gasteiger partial charge < -0.3 is 16.0 Å². The number of benzene rings is 1. The number of amides is 2. The average Bonchev–Trinajstić information content (AvgIpc) is 3.05. The zero-order valence-corrected chi connectivity index (χ0v) is 15.7. The lowest BCUT2D eigenvalue weighted by atomic mass is 9.95. The van der Waals surface area contributed by atoms with Crippen LogP contribution >= 0.6 is 15.9 Å². The maximum absolute atomic E-state index is 12.2. The first-order valence-corrected chi connectivity index (χ1v) is 9.27. The van der Waals surface area contributed by atoms with E-state index in [1.807, 2.05) is 24.3 Å². The molecule has 6 heteroatoms. The molecule has 3 N–H and O–H groups in total. The second kappa shape index (κ2) is 9.18. The van der Waals surface area contributed by atoms with Gasteiger partial charge in [0, 0.05) is 36.9 Å². The molecule has 0 bridgehead atoms. The second-order valence-electron chi connectivity index (χ2n) is 6.42. The number of hydrogen-bond donors (Lipinski definition) is 2. The van der Waals surface area contributed by atoms with E-state index in [4.69, 9.17) is 5.73 Å². The molecule has 24 heavy (non-hydrogen) atoms. The first kappa shape index (κ1) is 18.9. The Bertz CT molecular complexity index is 579. The molecule has 0 saturated heterocycles. The molecule has 1 aliphatic rings. The fourth-order valence-corrected chi connectivity index (χ4v) is 3.66. The summed E-state index contributed by atoms with van der Waals surface area (Å²) in [6, 6.07) is 7.85. The Morgan fingerprint density at radius 3 is 2.79 bits per heavy atom. The summed E-state index contributed by atoms with van der Waals surface area (Å²) in [4.78, 5) is 26.1. The van der Waals surface area contributed by atoms with Crippen LogP contribution in [0, 0.1) is 11.8 Å². The van der Waals surface area contributed by atoms with E-state index in [0.29, 0.717) is 32.0 Å². The van der Waals surface area contributed by atoms with Gasteiger partial charge in [0.2, 0.25) is 11.8 Å². The fraction of sp³-hybridized carbons (Fsp3) is 0.556. The Morgan fingerprint density at radius 2 is 2.08 bits per heavy atom. The molecule has 1 aliphatic carbocycles. The minimum absolute atomic E-state index is 0.0168. The normalized spacial score (nSPS) is 20.0. The summed E-state index contributed by atoms with van der Waals surface area (Å²) in [7, 11) is 1.78. The quantitative estimate of drug-likeness (QED) is 0.743. The number of carbonyl (C=O) groups is 2. The predicted molar refractivity (Wildman–Crippen MR) is 98.1 cm³/mol. The van der Waals surface area contributed by atoms with Crippen molar-refractivity contribution in [3.8, 4) is 0 Å². The summed E-state index contributed by atoms with van der Waals surface area (Å²) in [6.07, 6.45) is 3.31. The van der Waals surface area contributed by atoms with Crippen LogP contribution in [0.25, 0.3) is 0 Å². The minimum atomic E-state index is 0.0168. The Hall–Kier alpha value is -1.40. The number of halogens is 1. The molecule has 0 unspecified atom stereocenters. The van der Waals surface area contributed by atoms with E-state index in [0.717, 1.165) is 29.3 Å². The molecule has 1 fully saturated rings. The van der Waals surface area contributed by atoms with Crippen molar-refractivity contribution in [2.45, 2.75) is 32.2 Å². The van der Waals surface area contributed by atoms with Gasteiger partial charge in [0.1, 0.15) is 0 Å². The van der Waals surface area contributed by atoms with Gasteiger partial charge in [-0.05, 0) is 36.9 Å². The Kier molecular flexibility index (Phi) is 7.24. The molecular weight excluding hydrogens is 370 g/mol. The van der Waals surface area contributed by atoms with Crippen molar-refractivity contribution >= 4 is 27.7 Å². The van der Waals surface area contributed by atoms with Gasteiger partial charge in [0.15, 0.2) is 0 Å². The minimum Gasteiger partial charge on any atom is -0.355 e. The van der Waals surface area contributed by atoms with E-state index in [1.165, 1.54) is 0 Å². The van der Waals surface area contributed by atoms with Gasteiger partial charge >= 0.3 is 0 Å². The van der Waals surface area contributed by atoms with Crippen molar-refractivity contribution in [3.63, 3.8) is 0 Å². The van der Waals surface area contributed by atoms with Gasteiger partial charge in [-0.25, -0.2) is 0 Å². The van der Waals surface area contributed by atoms with Crippen LogP contribution in [0.4, 0.5) is 0 Å². The lowest BCUT2D eigenvalue weighted by molar-refractivity contribution is -0.130. The SMILES string of the molecule is CN(Cc1ccccc1Br)C(=O)CCNC(=O)[C@@H]1CCC[C@@H]1CN. The standard InChI is InChI=1S/C18H26BrN3O2/c1-22(12-14-5-2-3-8-16(14)19)17(23)9-10-21-18(24)15-7-4-6-13(15)11-20/h2-3,5,8,13,15H,4,6-7,9-12,20H2,1H3,(H,21,24)/t13-,15-/m1/s1. The molecule has 2 rings (SSSR count). The molecular formula is C18H26BrN3O2. The lowest BCUT2D eigenvalue weighted by Gasteiger charge is -2.20. The number of rotatable bonds is 7. The summed E-state index contributed by atoms with van der Waals surface area (Å²) in [5.41, 5.74) is 6.78. The van der Waals surface area contributed by atoms with E-state index >= 15 is 0 Å². The van der Waals surface area contributed by atoms with Crippen LogP contribution in [0.1, 0.15) is 31.2 Å². The van der Waals surface area contributed by atoms with Crippen LogP contribution in [0.5, 0.6) is 0 Å².